The van der Waals surface area contributed by atoms with E-state index < -0.39 is 12.0 Å². The van der Waals surface area contributed by atoms with E-state index in [1.54, 1.807) is 48.9 Å². The maximum Gasteiger partial charge on any atom is 0.338 e. The zero-order chi connectivity index (χ0) is 22.1. The smallest absolute Gasteiger partial charge is 0.338 e. The molecule has 0 fully saturated rings. The molecule has 0 saturated carbocycles. The fraction of sp³-hybridized carbons (Fsp3) is 0.174. The van der Waals surface area contributed by atoms with Gasteiger partial charge in [-0.1, -0.05) is 47.2 Å². The Morgan fingerprint density at radius 3 is 2.42 bits per heavy atom. The van der Waals surface area contributed by atoms with Crippen molar-refractivity contribution in [2.24, 2.45) is 4.99 Å². The summed E-state index contributed by atoms with van der Waals surface area (Å²) in [6.45, 7) is 1.75. The van der Waals surface area contributed by atoms with Crippen molar-refractivity contribution in [3.63, 3.8) is 0 Å². The van der Waals surface area contributed by atoms with E-state index in [0.29, 0.717) is 25.6 Å². The van der Waals surface area contributed by atoms with Crippen LogP contribution < -0.4 is 19.6 Å². The van der Waals surface area contributed by atoms with Crippen LogP contribution >= 0.6 is 22.9 Å². The number of carbonyl (C=O) groups excluding carboxylic acids is 1. The van der Waals surface area contributed by atoms with E-state index in [9.17, 15) is 9.59 Å². The molecule has 1 aliphatic heterocycles. The zero-order valence-corrected chi connectivity index (χ0v) is 18.7. The maximum atomic E-state index is 13.4. The molecule has 158 valence electrons. The highest BCUT2D eigenvalue weighted by atomic mass is 35.5. The third-order valence-corrected chi connectivity index (χ3v) is 6.26. The van der Waals surface area contributed by atoms with Gasteiger partial charge in [0.1, 0.15) is 5.75 Å². The van der Waals surface area contributed by atoms with Crippen molar-refractivity contribution in [3.8, 4) is 5.75 Å². The lowest BCUT2D eigenvalue weighted by atomic mass is 9.96. The van der Waals surface area contributed by atoms with Gasteiger partial charge in [-0.05, 0) is 48.4 Å². The summed E-state index contributed by atoms with van der Waals surface area (Å²) in [5.74, 6) is 0.213. The SMILES string of the molecule is COC(=O)C1=C(C)N=c2s/c(=C\c3ccc(OC)cc3)c(=O)n2[C@H]1c1ccc(Cl)cc1. The number of hydrogen-bond acceptors (Lipinski definition) is 6. The second kappa shape index (κ2) is 8.53. The van der Waals surface area contributed by atoms with Gasteiger partial charge in [0.2, 0.25) is 0 Å². The first-order valence-corrected chi connectivity index (χ1v) is 10.6. The second-order valence-electron chi connectivity index (χ2n) is 6.90. The first kappa shape index (κ1) is 21.1. The van der Waals surface area contributed by atoms with Gasteiger partial charge >= 0.3 is 5.97 Å². The van der Waals surface area contributed by atoms with Gasteiger partial charge in [-0.15, -0.1) is 0 Å². The molecule has 0 spiro atoms. The number of esters is 1. The molecule has 0 saturated heterocycles. The van der Waals surface area contributed by atoms with E-state index in [1.165, 1.54) is 18.4 Å². The Morgan fingerprint density at radius 2 is 1.81 bits per heavy atom. The lowest BCUT2D eigenvalue weighted by Crippen LogP contribution is -2.39. The number of halogens is 1. The van der Waals surface area contributed by atoms with Gasteiger partial charge in [0, 0.05) is 5.02 Å². The Hall–Kier alpha value is -3.16. The number of nitrogens with zero attached hydrogens (tertiary/aromatic N) is 2. The van der Waals surface area contributed by atoms with Gasteiger partial charge in [-0.25, -0.2) is 9.79 Å². The number of thiazole rings is 1. The number of aromatic nitrogens is 1. The molecular formula is C23H19ClN2O4S. The van der Waals surface area contributed by atoms with Gasteiger partial charge in [-0.3, -0.25) is 9.36 Å². The summed E-state index contributed by atoms with van der Waals surface area (Å²) in [7, 11) is 2.92. The summed E-state index contributed by atoms with van der Waals surface area (Å²) < 4.78 is 12.2. The third kappa shape index (κ3) is 3.94. The Balaban J connectivity index is 1.93. The van der Waals surface area contributed by atoms with Crippen molar-refractivity contribution in [3.05, 3.63) is 95.6 Å². The van der Waals surface area contributed by atoms with E-state index >= 15 is 0 Å². The van der Waals surface area contributed by atoms with E-state index in [-0.39, 0.29) is 5.56 Å². The largest absolute Gasteiger partial charge is 0.497 e. The van der Waals surface area contributed by atoms with Crippen LogP contribution in [0.1, 0.15) is 24.1 Å². The average molecular weight is 455 g/mol. The van der Waals surface area contributed by atoms with Crippen LogP contribution in [0.15, 0.2) is 69.6 Å². The Bertz CT molecular complexity index is 1350. The average Bonchev–Trinajstić information content (AvgIpc) is 3.08. The first-order chi connectivity index (χ1) is 14.9. The molecule has 0 unspecified atom stereocenters. The van der Waals surface area contributed by atoms with Crippen LogP contribution in [-0.4, -0.2) is 24.8 Å². The zero-order valence-electron chi connectivity index (χ0n) is 17.1. The van der Waals surface area contributed by atoms with Crippen LogP contribution in [0.5, 0.6) is 5.75 Å². The monoisotopic (exact) mass is 454 g/mol. The molecule has 3 aromatic rings. The number of ether oxygens (including phenoxy) is 2. The Morgan fingerprint density at radius 1 is 1.13 bits per heavy atom. The molecule has 4 rings (SSSR count). The minimum absolute atomic E-state index is 0.228. The highest BCUT2D eigenvalue weighted by Crippen LogP contribution is 2.31. The molecule has 0 radical (unpaired) electrons. The summed E-state index contributed by atoms with van der Waals surface area (Å²) in [6.07, 6.45) is 1.80. The number of methoxy groups -OCH3 is 2. The van der Waals surface area contributed by atoms with Crippen molar-refractivity contribution in [2.45, 2.75) is 13.0 Å². The molecule has 0 aliphatic carbocycles. The summed E-state index contributed by atoms with van der Waals surface area (Å²) in [4.78, 5) is 31.1. The van der Waals surface area contributed by atoms with E-state index in [2.05, 4.69) is 4.99 Å². The third-order valence-electron chi connectivity index (χ3n) is 5.03. The number of hydrogen-bond donors (Lipinski definition) is 0. The molecular weight excluding hydrogens is 436 g/mol. The highest BCUT2D eigenvalue weighted by Gasteiger charge is 2.32. The summed E-state index contributed by atoms with van der Waals surface area (Å²) >= 11 is 7.33. The lowest BCUT2D eigenvalue weighted by Gasteiger charge is -2.24. The van der Waals surface area contributed by atoms with E-state index in [4.69, 9.17) is 21.1 Å². The van der Waals surface area contributed by atoms with E-state index in [1.807, 2.05) is 24.3 Å². The predicted octanol–water partition coefficient (Wildman–Crippen LogP) is 3.07. The Labute approximate surface area is 187 Å². The number of carbonyl (C=O) groups is 1. The van der Waals surface area contributed by atoms with Crippen LogP contribution in [0, 0.1) is 0 Å². The van der Waals surface area contributed by atoms with Crippen molar-refractivity contribution in [2.75, 3.05) is 14.2 Å². The Kier molecular flexibility index (Phi) is 5.80. The summed E-state index contributed by atoms with van der Waals surface area (Å²) in [6, 6.07) is 13.8. The minimum Gasteiger partial charge on any atom is -0.497 e. The van der Waals surface area contributed by atoms with Gasteiger partial charge in [-0.2, -0.15) is 0 Å². The fourth-order valence-corrected chi connectivity index (χ4v) is 4.68. The molecule has 1 aromatic heterocycles. The maximum absolute atomic E-state index is 13.4. The second-order valence-corrected chi connectivity index (χ2v) is 8.34. The van der Waals surface area contributed by atoms with Crippen molar-refractivity contribution >= 4 is 35.0 Å². The van der Waals surface area contributed by atoms with Crippen molar-refractivity contribution in [1.82, 2.24) is 4.57 Å². The van der Waals surface area contributed by atoms with Crippen LogP contribution in [-0.2, 0) is 9.53 Å². The molecule has 1 atom stereocenters. The topological polar surface area (TPSA) is 69.9 Å². The minimum atomic E-state index is -0.654. The molecule has 1 aliphatic rings. The van der Waals surface area contributed by atoms with Crippen molar-refractivity contribution < 1.29 is 14.3 Å². The van der Waals surface area contributed by atoms with Gasteiger partial charge < -0.3 is 9.47 Å². The van der Waals surface area contributed by atoms with Gasteiger partial charge in [0.25, 0.3) is 5.56 Å². The van der Waals surface area contributed by atoms with Crippen molar-refractivity contribution in [1.29, 1.82) is 0 Å². The predicted molar refractivity (Wildman–Crippen MR) is 120 cm³/mol. The van der Waals surface area contributed by atoms with Gasteiger partial charge in [0.15, 0.2) is 4.80 Å². The molecule has 6 nitrogen and oxygen atoms in total. The lowest BCUT2D eigenvalue weighted by molar-refractivity contribution is -0.136. The number of fused-ring (bicyclic) bond motifs is 1. The van der Waals surface area contributed by atoms with Crippen LogP contribution in [0.2, 0.25) is 5.02 Å². The van der Waals surface area contributed by atoms with Crippen LogP contribution in [0.25, 0.3) is 6.08 Å². The quantitative estimate of drug-likeness (QED) is 0.568. The van der Waals surface area contributed by atoms with Crippen LogP contribution in [0.4, 0.5) is 0 Å². The standard InChI is InChI=1S/C23H19ClN2O4S/c1-13-19(22(28)30-3)20(15-6-8-16(24)9-7-15)26-21(27)18(31-23(26)25-13)12-14-4-10-17(29-2)11-5-14/h4-12,20H,1-3H3/b18-12-/t20-/m0/s1. The molecule has 8 heteroatoms. The molecule has 31 heavy (non-hydrogen) atoms. The summed E-state index contributed by atoms with van der Waals surface area (Å²) in [5, 5.41) is 0.566. The molecule has 0 amide bonds. The molecule has 0 bridgehead atoms. The van der Waals surface area contributed by atoms with Crippen LogP contribution in [0.3, 0.4) is 0 Å². The van der Waals surface area contributed by atoms with E-state index in [0.717, 1.165) is 16.9 Å². The summed E-state index contributed by atoms with van der Waals surface area (Å²) in [5.41, 5.74) is 2.22. The number of allylic oxidation sites excluding steroid dienone is 1. The fourth-order valence-electron chi connectivity index (χ4n) is 3.50. The molecule has 2 heterocycles. The van der Waals surface area contributed by atoms with Gasteiger partial charge in [0.05, 0.1) is 36.1 Å². The first-order valence-electron chi connectivity index (χ1n) is 9.43. The highest BCUT2D eigenvalue weighted by molar-refractivity contribution is 7.07. The normalized spacial score (nSPS) is 16.0. The molecule has 0 N–H and O–H groups in total. The number of benzene rings is 2. The molecule has 2 aromatic carbocycles. The number of rotatable bonds is 4.